The molecule has 0 saturated carbocycles. The van der Waals surface area contributed by atoms with Gasteiger partial charge in [0.15, 0.2) is 5.96 Å². The monoisotopic (exact) mass is 291 g/mol. The highest BCUT2D eigenvalue weighted by Gasteiger charge is 2.33. The number of nitrogens with one attached hydrogen (secondary N) is 2. The van der Waals surface area contributed by atoms with E-state index in [1.54, 1.807) is 14.2 Å². The van der Waals surface area contributed by atoms with Gasteiger partial charge in [-0.1, -0.05) is 25.1 Å². The quantitative estimate of drug-likeness (QED) is 0.615. The molecule has 21 heavy (non-hydrogen) atoms. The van der Waals surface area contributed by atoms with Crippen LogP contribution in [0.3, 0.4) is 0 Å². The van der Waals surface area contributed by atoms with Crippen molar-refractivity contribution < 1.29 is 9.47 Å². The van der Waals surface area contributed by atoms with Gasteiger partial charge in [-0.15, -0.1) is 0 Å². The summed E-state index contributed by atoms with van der Waals surface area (Å²) in [6, 6.07) is 8.09. The minimum absolute atomic E-state index is 0.236. The fraction of sp³-hybridized carbons (Fsp3) is 0.562. The van der Waals surface area contributed by atoms with Crippen LogP contribution in [0.15, 0.2) is 29.3 Å². The maximum atomic E-state index is 5.36. The molecule has 1 aliphatic rings. The van der Waals surface area contributed by atoms with E-state index in [4.69, 9.17) is 9.47 Å². The second-order valence-electron chi connectivity index (χ2n) is 5.72. The topological polar surface area (TPSA) is 54.9 Å². The van der Waals surface area contributed by atoms with Crippen LogP contribution in [0.1, 0.15) is 12.5 Å². The Kier molecular flexibility index (Phi) is 5.44. The van der Waals surface area contributed by atoms with Gasteiger partial charge in [0.05, 0.1) is 20.3 Å². The van der Waals surface area contributed by atoms with E-state index in [2.05, 4.69) is 28.6 Å². The van der Waals surface area contributed by atoms with Gasteiger partial charge in [0, 0.05) is 25.6 Å². The molecule has 0 radical (unpaired) electrons. The molecule has 1 heterocycles. The summed E-state index contributed by atoms with van der Waals surface area (Å²) in [6.07, 6.45) is 0.894. The standard InChI is InChI=1S/C16H25N3O2/c1-16(11-21-12-16)10-19-15(17-2)18-9-8-13-6-4-5-7-14(13)20-3/h4-7H,8-12H2,1-3H3,(H2,17,18,19). The van der Waals surface area contributed by atoms with Gasteiger partial charge in [-0.25, -0.2) is 0 Å². The van der Waals surface area contributed by atoms with Crippen molar-refractivity contribution in [2.75, 3.05) is 40.5 Å². The fourth-order valence-electron chi connectivity index (χ4n) is 2.30. The number of hydrogen-bond acceptors (Lipinski definition) is 3. The molecule has 0 amide bonds. The third-order valence-electron chi connectivity index (χ3n) is 3.69. The van der Waals surface area contributed by atoms with Gasteiger partial charge in [0.25, 0.3) is 0 Å². The molecule has 5 nitrogen and oxygen atoms in total. The lowest BCUT2D eigenvalue weighted by atomic mass is 9.89. The average Bonchev–Trinajstić information content (AvgIpc) is 2.49. The first-order chi connectivity index (χ1) is 10.2. The Morgan fingerprint density at radius 3 is 2.71 bits per heavy atom. The molecular formula is C16H25N3O2. The summed E-state index contributed by atoms with van der Waals surface area (Å²) in [7, 11) is 3.49. The molecule has 0 aliphatic carbocycles. The highest BCUT2D eigenvalue weighted by molar-refractivity contribution is 5.79. The number of aliphatic imine (C=N–C) groups is 1. The predicted molar refractivity (Wildman–Crippen MR) is 85.0 cm³/mol. The second kappa shape index (κ2) is 7.31. The fourth-order valence-corrected chi connectivity index (χ4v) is 2.30. The van der Waals surface area contributed by atoms with Crippen molar-refractivity contribution in [2.24, 2.45) is 10.4 Å². The third kappa shape index (κ3) is 4.36. The number of ether oxygens (including phenoxy) is 2. The van der Waals surface area contributed by atoms with Crippen molar-refractivity contribution in [3.63, 3.8) is 0 Å². The van der Waals surface area contributed by atoms with Crippen LogP contribution in [0, 0.1) is 5.41 Å². The normalized spacial score (nSPS) is 17.0. The van der Waals surface area contributed by atoms with Gasteiger partial charge in [-0.2, -0.15) is 0 Å². The molecule has 2 rings (SSSR count). The van der Waals surface area contributed by atoms with Crippen molar-refractivity contribution in [3.05, 3.63) is 29.8 Å². The molecule has 0 bridgehead atoms. The van der Waals surface area contributed by atoms with Crippen LogP contribution in [0.4, 0.5) is 0 Å². The largest absolute Gasteiger partial charge is 0.496 e. The summed E-state index contributed by atoms with van der Waals surface area (Å²) in [4.78, 5) is 4.25. The summed E-state index contributed by atoms with van der Waals surface area (Å²) in [5.41, 5.74) is 1.43. The van der Waals surface area contributed by atoms with E-state index in [9.17, 15) is 0 Å². The van der Waals surface area contributed by atoms with E-state index < -0.39 is 0 Å². The Hall–Kier alpha value is -1.75. The molecule has 1 aromatic rings. The summed E-state index contributed by atoms with van der Waals surface area (Å²) in [5, 5.41) is 6.69. The van der Waals surface area contributed by atoms with Gasteiger partial charge in [0.1, 0.15) is 5.75 Å². The van der Waals surface area contributed by atoms with Crippen LogP contribution in [-0.2, 0) is 11.2 Å². The Bertz CT molecular complexity index is 484. The van der Waals surface area contributed by atoms with Crippen LogP contribution in [0.25, 0.3) is 0 Å². The van der Waals surface area contributed by atoms with Gasteiger partial charge in [-0.05, 0) is 18.1 Å². The van der Waals surface area contributed by atoms with E-state index in [1.807, 2.05) is 18.2 Å². The molecule has 1 fully saturated rings. The lowest BCUT2D eigenvalue weighted by Gasteiger charge is -2.38. The van der Waals surface area contributed by atoms with E-state index in [0.717, 1.165) is 44.4 Å². The average molecular weight is 291 g/mol. The predicted octanol–water partition coefficient (Wildman–Crippen LogP) is 1.44. The van der Waals surface area contributed by atoms with Crippen molar-refractivity contribution in [1.29, 1.82) is 0 Å². The number of nitrogens with zero attached hydrogens (tertiary/aromatic N) is 1. The van der Waals surface area contributed by atoms with Crippen molar-refractivity contribution in [2.45, 2.75) is 13.3 Å². The SMILES string of the molecule is CN=C(NCCc1ccccc1OC)NCC1(C)COC1. The lowest BCUT2D eigenvalue weighted by Crippen LogP contribution is -2.51. The molecule has 1 saturated heterocycles. The van der Waals surface area contributed by atoms with E-state index >= 15 is 0 Å². The summed E-state index contributed by atoms with van der Waals surface area (Å²) < 4.78 is 10.6. The van der Waals surface area contributed by atoms with Gasteiger partial charge >= 0.3 is 0 Å². The number of rotatable bonds is 6. The Balaban J connectivity index is 1.75. The highest BCUT2D eigenvalue weighted by atomic mass is 16.5. The number of benzene rings is 1. The van der Waals surface area contributed by atoms with Crippen molar-refractivity contribution in [1.82, 2.24) is 10.6 Å². The summed E-state index contributed by atoms with van der Waals surface area (Å²) >= 11 is 0. The van der Waals surface area contributed by atoms with Crippen molar-refractivity contribution >= 4 is 5.96 Å². The number of methoxy groups -OCH3 is 1. The first-order valence-electron chi connectivity index (χ1n) is 7.31. The van der Waals surface area contributed by atoms with E-state index in [-0.39, 0.29) is 5.41 Å². The first-order valence-corrected chi connectivity index (χ1v) is 7.31. The molecular weight excluding hydrogens is 266 g/mol. The first kappa shape index (κ1) is 15.6. The maximum Gasteiger partial charge on any atom is 0.191 e. The molecule has 2 N–H and O–H groups in total. The zero-order chi connectivity index (χ0) is 15.1. The van der Waals surface area contributed by atoms with Gasteiger partial charge in [0.2, 0.25) is 0 Å². The lowest BCUT2D eigenvalue weighted by molar-refractivity contribution is -0.0971. The molecule has 0 spiro atoms. The zero-order valence-corrected chi connectivity index (χ0v) is 13.1. The minimum Gasteiger partial charge on any atom is -0.496 e. The van der Waals surface area contributed by atoms with Gasteiger partial charge in [-0.3, -0.25) is 4.99 Å². The van der Waals surface area contributed by atoms with Crippen molar-refractivity contribution in [3.8, 4) is 5.75 Å². The maximum absolute atomic E-state index is 5.36. The molecule has 1 aliphatic heterocycles. The number of hydrogen-bond donors (Lipinski definition) is 2. The number of guanidine groups is 1. The smallest absolute Gasteiger partial charge is 0.191 e. The van der Waals surface area contributed by atoms with Gasteiger partial charge < -0.3 is 20.1 Å². The molecule has 0 unspecified atom stereocenters. The molecule has 5 heteroatoms. The van der Waals surface area contributed by atoms with Crippen LogP contribution >= 0.6 is 0 Å². The second-order valence-corrected chi connectivity index (χ2v) is 5.72. The Labute approximate surface area is 126 Å². The summed E-state index contributed by atoms with van der Waals surface area (Å²) in [5.74, 6) is 1.76. The molecule has 0 aromatic heterocycles. The Morgan fingerprint density at radius 2 is 2.10 bits per heavy atom. The molecule has 116 valence electrons. The summed E-state index contributed by atoms with van der Waals surface area (Å²) in [6.45, 7) is 5.54. The van der Waals surface area contributed by atoms with Crippen LogP contribution < -0.4 is 15.4 Å². The zero-order valence-electron chi connectivity index (χ0n) is 13.1. The van der Waals surface area contributed by atoms with E-state index in [0.29, 0.717) is 0 Å². The van der Waals surface area contributed by atoms with E-state index in [1.165, 1.54) is 5.56 Å². The molecule has 0 atom stereocenters. The number of para-hydroxylation sites is 1. The Morgan fingerprint density at radius 1 is 1.33 bits per heavy atom. The third-order valence-corrected chi connectivity index (χ3v) is 3.69. The van der Waals surface area contributed by atoms with Crippen LogP contribution in [0.2, 0.25) is 0 Å². The molecule has 1 aromatic carbocycles. The van der Waals surface area contributed by atoms with Crippen LogP contribution in [0.5, 0.6) is 5.75 Å². The highest BCUT2D eigenvalue weighted by Crippen LogP contribution is 2.24. The minimum atomic E-state index is 0.236. The van der Waals surface area contributed by atoms with Crippen LogP contribution in [-0.4, -0.2) is 46.4 Å².